The van der Waals surface area contributed by atoms with Crippen LogP contribution in [0.3, 0.4) is 0 Å². The standard InChI is InChI=1S/C9H15NO2/c1-2-3-4-5-7-6-8(11)10-9(7)12/h7H,2-6H2,1H3,(H,10,11,12). The van der Waals surface area contributed by atoms with Crippen molar-refractivity contribution in [2.24, 2.45) is 5.92 Å². The van der Waals surface area contributed by atoms with Crippen LogP contribution in [0.5, 0.6) is 0 Å². The topological polar surface area (TPSA) is 46.2 Å². The van der Waals surface area contributed by atoms with Crippen molar-refractivity contribution in [2.75, 3.05) is 0 Å². The molecule has 0 aliphatic carbocycles. The summed E-state index contributed by atoms with van der Waals surface area (Å²) in [5.74, 6) is -0.221. The highest BCUT2D eigenvalue weighted by molar-refractivity contribution is 6.03. The second-order valence-electron chi connectivity index (χ2n) is 3.31. The zero-order valence-corrected chi connectivity index (χ0v) is 7.43. The Hall–Kier alpha value is -0.860. The monoisotopic (exact) mass is 169 g/mol. The lowest BCUT2D eigenvalue weighted by Crippen LogP contribution is -2.21. The van der Waals surface area contributed by atoms with E-state index < -0.39 is 0 Å². The van der Waals surface area contributed by atoms with Gasteiger partial charge in [0.1, 0.15) is 0 Å². The Kier molecular flexibility index (Phi) is 3.26. The van der Waals surface area contributed by atoms with Crippen LogP contribution in [0.2, 0.25) is 0 Å². The van der Waals surface area contributed by atoms with E-state index >= 15 is 0 Å². The van der Waals surface area contributed by atoms with E-state index in [0.717, 1.165) is 25.7 Å². The van der Waals surface area contributed by atoms with Gasteiger partial charge in [0.25, 0.3) is 0 Å². The zero-order chi connectivity index (χ0) is 8.97. The molecule has 1 N–H and O–H groups in total. The fraction of sp³-hybridized carbons (Fsp3) is 0.778. The molecule has 3 nitrogen and oxygen atoms in total. The molecule has 0 spiro atoms. The summed E-state index contributed by atoms with van der Waals surface area (Å²) in [6, 6.07) is 0. The SMILES string of the molecule is CCCCCC1CC(=O)NC1=O. The number of amides is 2. The van der Waals surface area contributed by atoms with E-state index in [4.69, 9.17) is 0 Å². The smallest absolute Gasteiger partial charge is 0.230 e. The molecule has 1 unspecified atom stereocenters. The van der Waals surface area contributed by atoms with Crippen molar-refractivity contribution in [1.82, 2.24) is 5.32 Å². The minimum Gasteiger partial charge on any atom is -0.296 e. The summed E-state index contributed by atoms with van der Waals surface area (Å²) in [4.78, 5) is 21.8. The molecule has 0 radical (unpaired) electrons. The third kappa shape index (κ3) is 2.32. The molecule has 2 amide bonds. The maximum Gasteiger partial charge on any atom is 0.230 e. The molecule has 1 rings (SSSR count). The fourth-order valence-electron chi connectivity index (χ4n) is 1.48. The van der Waals surface area contributed by atoms with Gasteiger partial charge in [-0.15, -0.1) is 0 Å². The van der Waals surface area contributed by atoms with Crippen molar-refractivity contribution in [2.45, 2.75) is 39.0 Å². The third-order valence-electron chi connectivity index (χ3n) is 2.22. The number of carbonyl (C=O) groups excluding carboxylic acids is 2. The van der Waals surface area contributed by atoms with Crippen molar-refractivity contribution in [3.63, 3.8) is 0 Å². The Morgan fingerprint density at radius 2 is 2.17 bits per heavy atom. The highest BCUT2D eigenvalue weighted by Gasteiger charge is 2.29. The minimum absolute atomic E-state index is 0.0379. The maximum absolute atomic E-state index is 11.0. The molecule has 0 saturated carbocycles. The number of imide groups is 1. The second kappa shape index (κ2) is 4.24. The molecule has 12 heavy (non-hydrogen) atoms. The van der Waals surface area contributed by atoms with E-state index in [1.165, 1.54) is 0 Å². The first-order chi connectivity index (χ1) is 5.74. The van der Waals surface area contributed by atoms with Gasteiger partial charge in [0, 0.05) is 12.3 Å². The van der Waals surface area contributed by atoms with Gasteiger partial charge in [-0.3, -0.25) is 14.9 Å². The van der Waals surface area contributed by atoms with Crippen molar-refractivity contribution in [3.05, 3.63) is 0 Å². The van der Waals surface area contributed by atoms with Gasteiger partial charge in [-0.1, -0.05) is 26.2 Å². The van der Waals surface area contributed by atoms with E-state index in [1.54, 1.807) is 0 Å². The van der Waals surface area contributed by atoms with Gasteiger partial charge in [0.15, 0.2) is 0 Å². The first kappa shape index (κ1) is 9.23. The van der Waals surface area contributed by atoms with E-state index in [9.17, 15) is 9.59 Å². The lowest BCUT2D eigenvalue weighted by molar-refractivity contribution is -0.125. The predicted molar refractivity (Wildman–Crippen MR) is 45.4 cm³/mol. The van der Waals surface area contributed by atoms with Crippen LogP contribution in [0, 0.1) is 5.92 Å². The third-order valence-corrected chi connectivity index (χ3v) is 2.22. The lowest BCUT2D eigenvalue weighted by atomic mass is 10.00. The summed E-state index contributed by atoms with van der Waals surface area (Å²) in [7, 11) is 0. The van der Waals surface area contributed by atoms with E-state index in [0.29, 0.717) is 6.42 Å². The molecule has 3 heteroatoms. The van der Waals surface area contributed by atoms with Crippen LogP contribution in [0.4, 0.5) is 0 Å². The highest BCUT2D eigenvalue weighted by Crippen LogP contribution is 2.18. The summed E-state index contributed by atoms with van der Waals surface area (Å²) in [5, 5.41) is 2.32. The molecule has 68 valence electrons. The van der Waals surface area contributed by atoms with E-state index in [-0.39, 0.29) is 17.7 Å². The van der Waals surface area contributed by atoms with Gasteiger partial charge in [-0.05, 0) is 6.42 Å². The van der Waals surface area contributed by atoms with Crippen LogP contribution in [0.15, 0.2) is 0 Å². The van der Waals surface area contributed by atoms with Gasteiger partial charge in [-0.2, -0.15) is 0 Å². The van der Waals surface area contributed by atoms with Crippen molar-refractivity contribution < 1.29 is 9.59 Å². The second-order valence-corrected chi connectivity index (χ2v) is 3.31. The molecular weight excluding hydrogens is 154 g/mol. The number of hydrogen-bond acceptors (Lipinski definition) is 2. The molecule has 0 aromatic heterocycles. The Balaban J connectivity index is 2.24. The Labute approximate surface area is 72.5 Å². The summed E-state index contributed by atoms with van der Waals surface area (Å²) >= 11 is 0. The average molecular weight is 169 g/mol. The molecule has 0 aromatic rings. The predicted octanol–water partition coefficient (Wildman–Crippen LogP) is 1.23. The number of nitrogens with one attached hydrogen (secondary N) is 1. The molecular formula is C9H15NO2. The van der Waals surface area contributed by atoms with Gasteiger partial charge in [0.05, 0.1) is 0 Å². The summed E-state index contributed by atoms with van der Waals surface area (Å²) in [5.41, 5.74) is 0. The van der Waals surface area contributed by atoms with Gasteiger partial charge >= 0.3 is 0 Å². The average Bonchev–Trinajstić information content (AvgIpc) is 2.31. The Morgan fingerprint density at radius 1 is 1.42 bits per heavy atom. The van der Waals surface area contributed by atoms with E-state index in [1.807, 2.05) is 0 Å². The van der Waals surface area contributed by atoms with Crippen LogP contribution in [0.25, 0.3) is 0 Å². The normalized spacial score (nSPS) is 22.9. The zero-order valence-electron chi connectivity index (χ0n) is 7.43. The Bertz CT molecular complexity index is 189. The quantitative estimate of drug-likeness (QED) is 0.508. The summed E-state index contributed by atoms with van der Waals surface area (Å²) in [6.45, 7) is 2.12. The largest absolute Gasteiger partial charge is 0.296 e. The van der Waals surface area contributed by atoms with Crippen molar-refractivity contribution in [3.8, 4) is 0 Å². The molecule has 0 bridgehead atoms. The van der Waals surface area contributed by atoms with Crippen LogP contribution in [0.1, 0.15) is 39.0 Å². The number of unbranched alkanes of at least 4 members (excludes halogenated alkanes) is 2. The van der Waals surface area contributed by atoms with Gasteiger partial charge in [-0.25, -0.2) is 0 Å². The lowest BCUT2D eigenvalue weighted by Gasteiger charge is -2.03. The molecule has 1 saturated heterocycles. The van der Waals surface area contributed by atoms with Crippen LogP contribution < -0.4 is 5.32 Å². The number of hydrogen-bond donors (Lipinski definition) is 1. The minimum atomic E-state index is -0.110. The molecule has 0 aromatic carbocycles. The molecule has 1 aliphatic rings. The van der Waals surface area contributed by atoms with Crippen LogP contribution >= 0.6 is 0 Å². The fourth-order valence-corrected chi connectivity index (χ4v) is 1.48. The number of carbonyl (C=O) groups is 2. The Morgan fingerprint density at radius 3 is 2.67 bits per heavy atom. The summed E-state index contributed by atoms with van der Waals surface area (Å²) in [6.07, 6.45) is 4.64. The van der Waals surface area contributed by atoms with Crippen molar-refractivity contribution in [1.29, 1.82) is 0 Å². The summed E-state index contributed by atoms with van der Waals surface area (Å²) < 4.78 is 0. The molecule has 1 aliphatic heterocycles. The molecule has 1 heterocycles. The van der Waals surface area contributed by atoms with Crippen molar-refractivity contribution >= 4 is 11.8 Å². The molecule has 1 fully saturated rings. The van der Waals surface area contributed by atoms with E-state index in [2.05, 4.69) is 12.2 Å². The first-order valence-corrected chi connectivity index (χ1v) is 4.57. The highest BCUT2D eigenvalue weighted by atomic mass is 16.2. The molecule has 1 atom stereocenters. The number of rotatable bonds is 4. The van der Waals surface area contributed by atoms with Crippen LogP contribution in [-0.2, 0) is 9.59 Å². The first-order valence-electron chi connectivity index (χ1n) is 4.57. The van der Waals surface area contributed by atoms with Gasteiger partial charge < -0.3 is 0 Å². The van der Waals surface area contributed by atoms with Crippen LogP contribution in [-0.4, -0.2) is 11.8 Å². The van der Waals surface area contributed by atoms with Gasteiger partial charge in [0.2, 0.25) is 11.8 Å². The maximum atomic E-state index is 11.0.